The Hall–Kier alpha value is -0.800. The molecule has 1 atom stereocenters. The highest BCUT2D eigenvalue weighted by Gasteiger charge is 2.15. The van der Waals surface area contributed by atoms with Crippen LogP contribution < -0.4 is 10.9 Å². The van der Waals surface area contributed by atoms with E-state index in [0.717, 1.165) is 11.8 Å². The van der Waals surface area contributed by atoms with Crippen molar-refractivity contribution in [3.63, 3.8) is 0 Å². The number of primary sulfonamides is 1. The van der Waals surface area contributed by atoms with Crippen molar-refractivity contribution in [3.05, 3.63) is 18.2 Å². The quantitative estimate of drug-likeness (QED) is 0.419. The summed E-state index contributed by atoms with van der Waals surface area (Å²) in [5, 5.41) is 22.9. The molecule has 17 heavy (non-hydrogen) atoms. The van der Waals surface area contributed by atoms with E-state index in [0.29, 0.717) is 10.6 Å². The number of thioether (sulfide) groups is 1. The zero-order valence-electron chi connectivity index (χ0n) is 8.91. The Morgan fingerprint density at radius 1 is 1.41 bits per heavy atom. The molecule has 0 saturated carbocycles. The number of rotatable bonds is 5. The molecule has 0 saturated heterocycles. The van der Waals surface area contributed by atoms with E-state index < -0.39 is 16.1 Å². The molecule has 0 fully saturated rings. The topological polar surface area (TPSA) is 127 Å². The largest absolute Gasteiger partial charge is 0.399 e. The van der Waals surface area contributed by atoms with Crippen LogP contribution in [0.25, 0.3) is 0 Å². The SMILES string of the molecule is Nc1ccc(SCC(O)CO)c(S(N)(=O)=O)c1. The van der Waals surface area contributed by atoms with Gasteiger partial charge in [-0.25, -0.2) is 13.6 Å². The number of hydrogen-bond donors (Lipinski definition) is 4. The molecule has 0 aromatic heterocycles. The minimum Gasteiger partial charge on any atom is -0.399 e. The Bertz CT molecular complexity index is 490. The predicted octanol–water partition coefficient (Wildman–Crippen LogP) is -0.639. The van der Waals surface area contributed by atoms with Crippen molar-refractivity contribution in [3.8, 4) is 0 Å². The fourth-order valence-corrected chi connectivity index (χ4v) is 3.12. The van der Waals surface area contributed by atoms with E-state index in [1.165, 1.54) is 12.1 Å². The number of aliphatic hydroxyl groups excluding tert-OH is 2. The number of hydrogen-bond acceptors (Lipinski definition) is 6. The molecule has 0 aliphatic heterocycles. The van der Waals surface area contributed by atoms with Gasteiger partial charge >= 0.3 is 0 Å². The average Bonchev–Trinajstić information content (AvgIpc) is 2.25. The Morgan fingerprint density at radius 2 is 2.06 bits per heavy atom. The molecule has 6 N–H and O–H groups in total. The lowest BCUT2D eigenvalue weighted by molar-refractivity contribution is 0.113. The van der Waals surface area contributed by atoms with E-state index in [4.69, 9.17) is 16.0 Å². The Morgan fingerprint density at radius 3 is 2.59 bits per heavy atom. The zero-order valence-corrected chi connectivity index (χ0v) is 10.5. The molecular formula is C9H14N2O4S2. The number of aliphatic hydroxyl groups is 2. The molecule has 1 unspecified atom stereocenters. The molecule has 1 aromatic rings. The molecule has 96 valence electrons. The van der Waals surface area contributed by atoms with Crippen LogP contribution in [0.5, 0.6) is 0 Å². The van der Waals surface area contributed by atoms with Crippen molar-refractivity contribution in [2.24, 2.45) is 5.14 Å². The summed E-state index contributed by atoms with van der Waals surface area (Å²) in [6, 6.07) is 4.33. The number of benzene rings is 1. The number of anilines is 1. The van der Waals surface area contributed by atoms with E-state index in [9.17, 15) is 13.5 Å². The predicted molar refractivity (Wildman–Crippen MR) is 66.0 cm³/mol. The molecular weight excluding hydrogens is 264 g/mol. The van der Waals surface area contributed by atoms with Crippen LogP contribution >= 0.6 is 11.8 Å². The Labute approximate surface area is 104 Å². The number of nitrogens with two attached hydrogens (primary N) is 2. The second-order valence-corrected chi connectivity index (χ2v) is 5.99. The van der Waals surface area contributed by atoms with Gasteiger partial charge in [-0.1, -0.05) is 0 Å². The molecule has 0 bridgehead atoms. The maximum absolute atomic E-state index is 11.3. The third-order valence-electron chi connectivity index (χ3n) is 1.92. The van der Waals surface area contributed by atoms with Gasteiger partial charge < -0.3 is 15.9 Å². The van der Waals surface area contributed by atoms with Gasteiger partial charge in [0.05, 0.1) is 17.6 Å². The van der Waals surface area contributed by atoms with E-state index in [-0.39, 0.29) is 17.3 Å². The maximum Gasteiger partial charge on any atom is 0.239 e. The van der Waals surface area contributed by atoms with Crippen LogP contribution in [0.15, 0.2) is 28.0 Å². The van der Waals surface area contributed by atoms with Crippen LogP contribution in [0.3, 0.4) is 0 Å². The van der Waals surface area contributed by atoms with Crippen LogP contribution in [-0.4, -0.2) is 37.1 Å². The van der Waals surface area contributed by atoms with Gasteiger partial charge in [0.25, 0.3) is 0 Å². The molecule has 8 heteroatoms. The van der Waals surface area contributed by atoms with Crippen LogP contribution in [0.4, 0.5) is 5.69 Å². The fourth-order valence-electron chi connectivity index (χ4n) is 1.10. The van der Waals surface area contributed by atoms with Crippen LogP contribution in [-0.2, 0) is 10.0 Å². The minimum absolute atomic E-state index is 0.0763. The number of sulfonamides is 1. The third-order valence-corrected chi connectivity index (χ3v) is 4.21. The lowest BCUT2D eigenvalue weighted by Crippen LogP contribution is -2.16. The normalized spacial score (nSPS) is 13.6. The van der Waals surface area contributed by atoms with Crippen molar-refractivity contribution in [2.45, 2.75) is 15.9 Å². The Balaban J connectivity index is 3.00. The molecule has 1 rings (SSSR count). The van der Waals surface area contributed by atoms with Crippen molar-refractivity contribution in [1.82, 2.24) is 0 Å². The van der Waals surface area contributed by atoms with Crippen molar-refractivity contribution in [1.29, 1.82) is 0 Å². The lowest BCUT2D eigenvalue weighted by Gasteiger charge is -2.10. The summed E-state index contributed by atoms with van der Waals surface area (Å²) >= 11 is 1.09. The summed E-state index contributed by atoms with van der Waals surface area (Å²) in [7, 11) is -3.86. The van der Waals surface area contributed by atoms with E-state index in [2.05, 4.69) is 0 Å². The summed E-state index contributed by atoms with van der Waals surface area (Å²) in [6.07, 6.45) is -0.911. The standard InChI is InChI=1S/C9H14N2O4S2/c10-6-1-2-8(16-5-7(13)4-12)9(3-6)17(11,14)15/h1-3,7,12-13H,4-5,10H2,(H2,11,14,15). The molecule has 0 aliphatic carbocycles. The lowest BCUT2D eigenvalue weighted by atomic mass is 10.3. The smallest absolute Gasteiger partial charge is 0.239 e. The van der Waals surface area contributed by atoms with E-state index >= 15 is 0 Å². The summed E-state index contributed by atoms with van der Waals surface area (Å²) in [5.41, 5.74) is 5.78. The summed E-state index contributed by atoms with van der Waals surface area (Å²) in [4.78, 5) is 0.321. The first-order valence-electron chi connectivity index (χ1n) is 4.68. The summed E-state index contributed by atoms with van der Waals surface area (Å²) in [6.45, 7) is -0.382. The molecule has 0 spiro atoms. The van der Waals surface area contributed by atoms with E-state index in [1.807, 2.05) is 0 Å². The first-order valence-corrected chi connectivity index (χ1v) is 7.22. The van der Waals surface area contributed by atoms with Crippen LogP contribution in [0, 0.1) is 0 Å². The highest BCUT2D eigenvalue weighted by atomic mass is 32.2. The molecule has 1 aromatic carbocycles. The average molecular weight is 278 g/mol. The molecule has 0 radical (unpaired) electrons. The van der Waals surface area contributed by atoms with Gasteiger partial charge in [0.2, 0.25) is 10.0 Å². The van der Waals surface area contributed by atoms with Crippen molar-refractivity contribution in [2.75, 3.05) is 18.1 Å². The van der Waals surface area contributed by atoms with Gasteiger partial charge in [-0.05, 0) is 18.2 Å². The molecule has 0 heterocycles. The molecule has 0 amide bonds. The highest BCUT2D eigenvalue weighted by molar-refractivity contribution is 8.00. The van der Waals surface area contributed by atoms with Gasteiger partial charge in [0.1, 0.15) is 0 Å². The van der Waals surface area contributed by atoms with Gasteiger partial charge in [-0.3, -0.25) is 0 Å². The summed E-state index contributed by atoms with van der Waals surface area (Å²) in [5.74, 6) is 0.170. The number of nitrogen functional groups attached to an aromatic ring is 1. The first kappa shape index (κ1) is 14.3. The monoisotopic (exact) mass is 278 g/mol. The minimum atomic E-state index is -3.86. The van der Waals surface area contributed by atoms with Gasteiger partial charge in [0, 0.05) is 16.3 Å². The molecule has 6 nitrogen and oxygen atoms in total. The highest BCUT2D eigenvalue weighted by Crippen LogP contribution is 2.28. The van der Waals surface area contributed by atoms with Crippen molar-refractivity contribution >= 4 is 27.5 Å². The summed E-state index contributed by atoms with van der Waals surface area (Å²) < 4.78 is 22.6. The fraction of sp³-hybridized carbons (Fsp3) is 0.333. The van der Waals surface area contributed by atoms with Crippen LogP contribution in [0.2, 0.25) is 0 Å². The third kappa shape index (κ3) is 4.17. The van der Waals surface area contributed by atoms with Crippen molar-refractivity contribution < 1.29 is 18.6 Å². The Kier molecular flexibility index (Phi) is 4.78. The second kappa shape index (κ2) is 5.69. The molecule has 0 aliphatic rings. The van der Waals surface area contributed by atoms with Gasteiger partial charge in [0.15, 0.2) is 0 Å². The van der Waals surface area contributed by atoms with Gasteiger partial charge in [-0.15, -0.1) is 11.8 Å². The first-order chi connectivity index (χ1) is 7.84. The van der Waals surface area contributed by atoms with E-state index in [1.54, 1.807) is 6.07 Å². The second-order valence-electron chi connectivity index (χ2n) is 3.40. The van der Waals surface area contributed by atoms with Gasteiger partial charge in [-0.2, -0.15) is 0 Å². The van der Waals surface area contributed by atoms with Crippen LogP contribution in [0.1, 0.15) is 0 Å². The maximum atomic E-state index is 11.3. The zero-order chi connectivity index (χ0) is 13.1.